The standard InChI is InChI=1S/C11H14N2/c1-2-8-12-9-5-7-11-6-3-4-10-13-11/h2-6,9-10,12H,1,7-8H2. The molecule has 0 aliphatic heterocycles. The molecular weight excluding hydrogens is 160 g/mol. The molecule has 0 radical (unpaired) electrons. The fourth-order valence-electron chi connectivity index (χ4n) is 0.933. The van der Waals surface area contributed by atoms with Crippen molar-refractivity contribution in [2.24, 2.45) is 0 Å². The summed E-state index contributed by atoms with van der Waals surface area (Å²) in [6.07, 6.45) is 8.47. The zero-order chi connectivity index (χ0) is 9.36. The van der Waals surface area contributed by atoms with Crippen molar-refractivity contribution in [3.05, 3.63) is 55.0 Å². The van der Waals surface area contributed by atoms with Gasteiger partial charge in [0.25, 0.3) is 0 Å². The van der Waals surface area contributed by atoms with Crippen molar-refractivity contribution in [3.63, 3.8) is 0 Å². The van der Waals surface area contributed by atoms with Gasteiger partial charge >= 0.3 is 0 Å². The van der Waals surface area contributed by atoms with Crippen LogP contribution in [0.2, 0.25) is 0 Å². The number of hydrogen-bond acceptors (Lipinski definition) is 2. The third-order valence-electron chi connectivity index (χ3n) is 1.55. The van der Waals surface area contributed by atoms with Crippen LogP contribution in [0.1, 0.15) is 5.69 Å². The van der Waals surface area contributed by atoms with Crippen molar-refractivity contribution in [3.8, 4) is 0 Å². The van der Waals surface area contributed by atoms with Crippen LogP contribution >= 0.6 is 0 Å². The quantitative estimate of drug-likeness (QED) is 0.545. The van der Waals surface area contributed by atoms with Gasteiger partial charge in [0, 0.05) is 24.9 Å². The van der Waals surface area contributed by atoms with Crippen LogP contribution in [0, 0.1) is 0 Å². The average Bonchev–Trinajstić information content (AvgIpc) is 2.19. The van der Waals surface area contributed by atoms with Gasteiger partial charge in [0.2, 0.25) is 0 Å². The van der Waals surface area contributed by atoms with Gasteiger partial charge in [-0.05, 0) is 18.3 Å². The Morgan fingerprint density at radius 1 is 1.46 bits per heavy atom. The zero-order valence-electron chi connectivity index (χ0n) is 7.61. The van der Waals surface area contributed by atoms with Crippen LogP contribution in [0.15, 0.2) is 49.3 Å². The largest absolute Gasteiger partial charge is 0.388 e. The normalized spacial score (nSPS) is 10.2. The maximum atomic E-state index is 4.20. The lowest BCUT2D eigenvalue weighted by Gasteiger charge is -1.94. The Labute approximate surface area is 79.0 Å². The summed E-state index contributed by atoms with van der Waals surface area (Å²) in [5, 5.41) is 3.08. The molecule has 0 amide bonds. The second-order valence-corrected chi connectivity index (χ2v) is 2.62. The van der Waals surface area contributed by atoms with Crippen molar-refractivity contribution < 1.29 is 0 Å². The van der Waals surface area contributed by atoms with E-state index >= 15 is 0 Å². The highest BCUT2D eigenvalue weighted by Crippen LogP contribution is 1.94. The first-order chi connectivity index (χ1) is 6.43. The van der Waals surface area contributed by atoms with Gasteiger partial charge in [-0.15, -0.1) is 6.58 Å². The molecule has 0 fully saturated rings. The summed E-state index contributed by atoms with van der Waals surface area (Å²) in [4.78, 5) is 4.20. The molecule has 13 heavy (non-hydrogen) atoms. The molecule has 0 spiro atoms. The highest BCUT2D eigenvalue weighted by atomic mass is 14.8. The maximum Gasteiger partial charge on any atom is 0.0441 e. The van der Waals surface area contributed by atoms with Crippen LogP contribution in [0.4, 0.5) is 0 Å². The lowest BCUT2D eigenvalue weighted by molar-refractivity contribution is 0.973. The summed E-state index contributed by atoms with van der Waals surface area (Å²) in [6.45, 7) is 4.41. The predicted octanol–water partition coefficient (Wildman–Crippen LogP) is 1.91. The van der Waals surface area contributed by atoms with E-state index in [-0.39, 0.29) is 0 Å². The minimum absolute atomic E-state index is 0.804. The number of aromatic nitrogens is 1. The summed E-state index contributed by atoms with van der Waals surface area (Å²) in [6, 6.07) is 5.92. The summed E-state index contributed by atoms with van der Waals surface area (Å²) < 4.78 is 0. The van der Waals surface area contributed by atoms with E-state index < -0.39 is 0 Å². The van der Waals surface area contributed by atoms with Gasteiger partial charge in [-0.25, -0.2) is 0 Å². The lowest BCUT2D eigenvalue weighted by Crippen LogP contribution is -2.03. The number of hydrogen-bond donors (Lipinski definition) is 1. The number of rotatable bonds is 5. The molecule has 1 heterocycles. The van der Waals surface area contributed by atoms with Crippen molar-refractivity contribution in [1.82, 2.24) is 10.3 Å². The molecule has 1 rings (SSSR count). The first kappa shape index (κ1) is 9.52. The van der Waals surface area contributed by atoms with E-state index in [1.807, 2.05) is 36.6 Å². The highest BCUT2D eigenvalue weighted by Gasteiger charge is 1.85. The van der Waals surface area contributed by atoms with E-state index in [0.717, 1.165) is 18.7 Å². The van der Waals surface area contributed by atoms with Crippen molar-refractivity contribution >= 4 is 0 Å². The second kappa shape index (κ2) is 6.00. The summed E-state index contributed by atoms with van der Waals surface area (Å²) in [5.74, 6) is 0. The average molecular weight is 174 g/mol. The van der Waals surface area contributed by atoms with E-state index in [0.29, 0.717) is 0 Å². The third-order valence-corrected chi connectivity index (χ3v) is 1.55. The van der Waals surface area contributed by atoms with Gasteiger partial charge in [-0.3, -0.25) is 4.98 Å². The first-order valence-corrected chi connectivity index (χ1v) is 4.32. The molecule has 0 aromatic carbocycles. The van der Waals surface area contributed by atoms with Gasteiger partial charge < -0.3 is 5.32 Å². The Kier molecular flexibility index (Phi) is 4.39. The van der Waals surface area contributed by atoms with Gasteiger partial charge in [-0.1, -0.05) is 18.2 Å². The van der Waals surface area contributed by atoms with Crippen LogP contribution < -0.4 is 5.32 Å². The molecule has 0 aliphatic rings. The van der Waals surface area contributed by atoms with Gasteiger partial charge in [-0.2, -0.15) is 0 Å². The van der Waals surface area contributed by atoms with Crippen LogP contribution in [0.3, 0.4) is 0 Å². The van der Waals surface area contributed by atoms with Crippen LogP contribution in [0.25, 0.3) is 0 Å². The van der Waals surface area contributed by atoms with E-state index in [4.69, 9.17) is 0 Å². The topological polar surface area (TPSA) is 24.9 Å². The maximum absolute atomic E-state index is 4.20. The van der Waals surface area contributed by atoms with E-state index in [2.05, 4.69) is 16.9 Å². The molecular formula is C11H14N2. The third kappa shape index (κ3) is 4.11. The predicted molar refractivity (Wildman–Crippen MR) is 55.3 cm³/mol. The molecule has 1 aromatic heterocycles. The number of nitrogens with one attached hydrogen (secondary N) is 1. The monoisotopic (exact) mass is 174 g/mol. The SMILES string of the molecule is C=CCNC=CCc1ccccn1. The van der Waals surface area contributed by atoms with Crippen LogP contribution in [-0.4, -0.2) is 11.5 Å². The molecule has 1 aromatic rings. The smallest absolute Gasteiger partial charge is 0.0441 e. The molecule has 0 saturated heterocycles. The molecule has 0 saturated carbocycles. The molecule has 2 nitrogen and oxygen atoms in total. The van der Waals surface area contributed by atoms with Crippen molar-refractivity contribution in [2.75, 3.05) is 6.54 Å². The van der Waals surface area contributed by atoms with E-state index in [9.17, 15) is 0 Å². The lowest BCUT2D eigenvalue weighted by atomic mass is 10.3. The Balaban J connectivity index is 2.26. The Morgan fingerprint density at radius 2 is 2.38 bits per heavy atom. The minimum Gasteiger partial charge on any atom is -0.388 e. The van der Waals surface area contributed by atoms with Crippen molar-refractivity contribution in [1.29, 1.82) is 0 Å². The fourth-order valence-corrected chi connectivity index (χ4v) is 0.933. The Bertz CT molecular complexity index is 265. The van der Waals surface area contributed by atoms with Crippen LogP contribution in [-0.2, 0) is 6.42 Å². The summed E-state index contributed by atoms with van der Waals surface area (Å²) in [5.41, 5.74) is 1.08. The van der Waals surface area contributed by atoms with E-state index in [1.165, 1.54) is 0 Å². The van der Waals surface area contributed by atoms with Crippen LogP contribution in [0.5, 0.6) is 0 Å². The van der Waals surface area contributed by atoms with Gasteiger partial charge in [0.15, 0.2) is 0 Å². The molecule has 0 atom stereocenters. The first-order valence-electron chi connectivity index (χ1n) is 4.32. The Morgan fingerprint density at radius 3 is 3.08 bits per heavy atom. The minimum atomic E-state index is 0.804. The molecule has 0 unspecified atom stereocenters. The molecule has 0 aliphatic carbocycles. The van der Waals surface area contributed by atoms with Crippen molar-refractivity contribution in [2.45, 2.75) is 6.42 Å². The number of pyridine rings is 1. The summed E-state index contributed by atoms with van der Waals surface area (Å²) >= 11 is 0. The van der Waals surface area contributed by atoms with Gasteiger partial charge in [0.05, 0.1) is 0 Å². The molecule has 2 heteroatoms. The molecule has 68 valence electrons. The fraction of sp³-hybridized carbons (Fsp3) is 0.182. The highest BCUT2D eigenvalue weighted by molar-refractivity contribution is 5.07. The number of nitrogens with zero attached hydrogens (tertiary/aromatic N) is 1. The Hall–Kier alpha value is -1.57. The zero-order valence-corrected chi connectivity index (χ0v) is 7.61. The second-order valence-electron chi connectivity index (χ2n) is 2.62. The van der Waals surface area contributed by atoms with E-state index in [1.54, 1.807) is 6.20 Å². The molecule has 0 bridgehead atoms. The molecule has 1 N–H and O–H groups in total. The number of allylic oxidation sites excluding steroid dienone is 1. The summed E-state index contributed by atoms with van der Waals surface area (Å²) in [7, 11) is 0. The van der Waals surface area contributed by atoms with Gasteiger partial charge in [0.1, 0.15) is 0 Å².